The summed E-state index contributed by atoms with van der Waals surface area (Å²) in [4.78, 5) is 76.7. The van der Waals surface area contributed by atoms with Gasteiger partial charge in [-0.2, -0.15) is 5.26 Å². The molecule has 0 aromatic heterocycles. The number of amides is 1. The third kappa shape index (κ3) is 17.0. The lowest BCUT2D eigenvalue weighted by atomic mass is 9.71. The van der Waals surface area contributed by atoms with Gasteiger partial charge in [0.05, 0.1) is 49.7 Å². The molecule has 3 aromatic rings. The van der Waals surface area contributed by atoms with Gasteiger partial charge in [-0.15, -0.1) is 11.8 Å². The van der Waals surface area contributed by atoms with E-state index in [0.717, 1.165) is 49.7 Å². The minimum Gasteiger partial charge on any atom is -0.493 e. The van der Waals surface area contributed by atoms with E-state index in [9.17, 15) is 19.6 Å². The van der Waals surface area contributed by atoms with Crippen LogP contribution in [0, 0.1) is 25.2 Å². The Morgan fingerprint density at radius 1 is 0.674 bits per heavy atom. The lowest BCUT2D eigenvalue weighted by Crippen LogP contribution is -2.71. The summed E-state index contributed by atoms with van der Waals surface area (Å²) in [6, 6.07) is 3.31. The molecule has 7 aliphatic heterocycles. The van der Waals surface area contributed by atoms with Crippen molar-refractivity contribution in [3.05, 3.63) is 62.7 Å². The molecule has 4 bridgehead atoms. The van der Waals surface area contributed by atoms with Gasteiger partial charge < -0.3 is 42.6 Å². The van der Waals surface area contributed by atoms with Crippen molar-refractivity contribution in [1.82, 2.24) is 15.1 Å². The van der Waals surface area contributed by atoms with Gasteiger partial charge in [0.1, 0.15) is 24.0 Å². The molecule has 7 aliphatic rings. The first-order valence-corrected chi connectivity index (χ1v) is 37.2. The molecule has 0 saturated carbocycles. The highest BCUT2D eigenvalue weighted by Gasteiger charge is 2.64. The zero-order valence-electron chi connectivity index (χ0n) is 58.7. The highest BCUT2D eigenvalue weighted by molar-refractivity contribution is 7.99. The zero-order chi connectivity index (χ0) is 67.8. The van der Waals surface area contributed by atoms with Gasteiger partial charge in [0, 0.05) is 54.3 Å². The average molecular weight is 1330 g/mol. The van der Waals surface area contributed by atoms with Crippen LogP contribution in [0.2, 0.25) is 0 Å². The predicted molar refractivity (Wildman–Crippen MR) is 367 cm³/mol. The number of ether oxygens (including phenoxy) is 9. The van der Waals surface area contributed by atoms with Crippen LogP contribution in [-0.4, -0.2) is 103 Å². The molecule has 7 atom stereocenters. The zero-order valence-corrected chi connectivity index (χ0v) is 59.5. The molecule has 3 aromatic carbocycles. The van der Waals surface area contributed by atoms with Crippen molar-refractivity contribution >= 4 is 41.7 Å². The number of carbonyl (C=O) groups excluding carboxylic acids is 5. The van der Waals surface area contributed by atoms with E-state index < -0.39 is 70.6 Å². The summed E-state index contributed by atoms with van der Waals surface area (Å²) >= 11 is 1.38. The number of rotatable bonds is 33. The molecule has 1 unspecified atom stereocenters. The second kappa shape index (κ2) is 34.3. The number of nitrogens with one attached hydrogen (secondary N) is 1. The number of benzene rings is 3. The highest BCUT2D eigenvalue weighted by Crippen LogP contribution is 2.65. The van der Waals surface area contributed by atoms with E-state index in [2.05, 4.69) is 30.1 Å². The predicted octanol–water partition coefficient (Wildman–Crippen LogP) is 16.7. The monoisotopic (exact) mass is 1330 g/mol. The van der Waals surface area contributed by atoms with Gasteiger partial charge in [-0.1, -0.05) is 174 Å². The van der Waals surface area contributed by atoms with Crippen LogP contribution in [0.15, 0.2) is 18.2 Å². The summed E-state index contributed by atoms with van der Waals surface area (Å²) in [6.45, 7) is 14.8. The van der Waals surface area contributed by atoms with E-state index in [0.29, 0.717) is 76.4 Å². The molecule has 7 heterocycles. The second-order valence-corrected chi connectivity index (χ2v) is 29.3. The van der Waals surface area contributed by atoms with Crippen LogP contribution in [0.3, 0.4) is 0 Å². The SMILES string of the molecule is CCCCCCCCCCCCCCCC(=O)Oc1cc2c(cc1OC)[C@@]1(CS[C@@H]3c4c(OC(C)=O)c(C)c5c(c4[C@@H](COC1=O)N1C3[C@H]3c4c(cc(C)c(OC)c4OC(=O)CCCCCCCCCCCCCCC)C[C@H]([C@@H]1C#N)N3C(=O)OC(C)(C)C)OCO5)NCC2. The standard InChI is InChI=1S/C76H108N4O14S/c1-11-13-15-17-19-21-23-25-27-29-31-33-35-37-60(82)92-59-43-52-39-40-78-76(54(52)44-58(59)86-9)47-95-72-64-63(70-69(89-48-90-70)50(4)68(64)91-51(5)81)57(46-88-73(76)84)79-56(45-77)55-42-53-41-49(3)67(87-10)71(62(53)65(66(72)79)80(55)74(85)94-75(6,7)8)93-61(83)38-36-34-32-30-28-26-24-22-20-18-16-14-12-2/h41,43-44,55-57,65-66,72,78H,11-40,42,46-48H2,1-10H3/t55-,56+,57-,65-,66?,72-,76-/m1/s1. The van der Waals surface area contributed by atoms with Crippen LogP contribution < -0.4 is 38.5 Å². The summed E-state index contributed by atoms with van der Waals surface area (Å²) in [5, 5.41) is 14.6. The lowest BCUT2D eigenvalue weighted by molar-refractivity contribution is -0.157. The second-order valence-electron chi connectivity index (χ2n) is 28.2. The summed E-state index contributed by atoms with van der Waals surface area (Å²) in [6.07, 6.45) is 30.9. The van der Waals surface area contributed by atoms with E-state index in [1.807, 2.05) is 13.0 Å². The number of aryl methyl sites for hydroxylation is 1. The summed E-state index contributed by atoms with van der Waals surface area (Å²) < 4.78 is 57.2. The molecule has 19 heteroatoms. The maximum absolute atomic E-state index is 15.7. The molecule has 1 amide bonds. The Morgan fingerprint density at radius 3 is 1.79 bits per heavy atom. The third-order valence-corrected chi connectivity index (χ3v) is 21.6. The van der Waals surface area contributed by atoms with Crippen molar-refractivity contribution in [3.63, 3.8) is 0 Å². The summed E-state index contributed by atoms with van der Waals surface area (Å²) in [5.74, 6) is -0.0518. The molecule has 18 nitrogen and oxygen atoms in total. The van der Waals surface area contributed by atoms with Crippen molar-refractivity contribution in [3.8, 4) is 46.3 Å². The van der Waals surface area contributed by atoms with E-state index >= 15 is 9.59 Å². The third-order valence-electron chi connectivity index (χ3n) is 20.1. The van der Waals surface area contributed by atoms with Gasteiger partial charge in [-0.3, -0.25) is 29.5 Å². The van der Waals surface area contributed by atoms with Crippen molar-refractivity contribution in [2.24, 2.45) is 0 Å². The Balaban J connectivity index is 1.06. The Labute approximate surface area is 569 Å². The number of piperazine rings is 1. The number of methoxy groups -OCH3 is 2. The number of nitrogens with zero attached hydrogens (tertiary/aromatic N) is 3. The number of carbonyl (C=O) groups is 5. The molecule has 522 valence electrons. The van der Waals surface area contributed by atoms with E-state index in [1.54, 1.807) is 44.7 Å². The molecule has 95 heavy (non-hydrogen) atoms. The number of esters is 4. The van der Waals surface area contributed by atoms with Gasteiger partial charge in [0.2, 0.25) is 6.79 Å². The minimum atomic E-state index is -1.56. The number of hydrogen-bond donors (Lipinski definition) is 1. The molecule has 10 rings (SSSR count). The van der Waals surface area contributed by atoms with Crippen molar-refractivity contribution in [1.29, 1.82) is 5.26 Å². The Hall–Kier alpha value is -6.23. The molecule has 2 fully saturated rings. The van der Waals surface area contributed by atoms with Crippen molar-refractivity contribution < 1.29 is 66.6 Å². The fourth-order valence-corrected chi connectivity index (χ4v) is 17.2. The number of thioether (sulfide) groups is 1. The molecular formula is C76H108N4O14S. The number of fused-ring (bicyclic) bond motifs is 9. The maximum Gasteiger partial charge on any atom is 0.411 e. The molecule has 2 saturated heterocycles. The lowest BCUT2D eigenvalue weighted by Gasteiger charge is -2.62. The molecule has 1 spiro atoms. The van der Waals surface area contributed by atoms with Crippen LogP contribution in [0.4, 0.5) is 4.79 Å². The van der Waals surface area contributed by atoms with Gasteiger partial charge in [0.15, 0.2) is 40.0 Å². The van der Waals surface area contributed by atoms with Crippen LogP contribution in [0.25, 0.3) is 0 Å². The smallest absolute Gasteiger partial charge is 0.411 e. The van der Waals surface area contributed by atoms with Crippen LogP contribution in [-0.2, 0) is 47.0 Å². The van der Waals surface area contributed by atoms with Gasteiger partial charge in [-0.05, 0) is 94.7 Å². The van der Waals surface area contributed by atoms with E-state index in [4.69, 9.17) is 42.6 Å². The number of hydrogen-bond acceptors (Lipinski definition) is 18. The largest absolute Gasteiger partial charge is 0.493 e. The Bertz CT molecular complexity index is 3210. The topological polar surface area (TPSA) is 211 Å². The van der Waals surface area contributed by atoms with E-state index in [-0.39, 0.29) is 67.4 Å². The Morgan fingerprint density at radius 2 is 1.24 bits per heavy atom. The van der Waals surface area contributed by atoms with Crippen LogP contribution in [0.5, 0.6) is 40.2 Å². The summed E-state index contributed by atoms with van der Waals surface area (Å²) in [5.41, 5.74) is 2.32. The first kappa shape index (κ1) is 73.0. The number of unbranched alkanes of at least 4 members (excludes halogenated alkanes) is 24. The summed E-state index contributed by atoms with van der Waals surface area (Å²) in [7, 11) is 3.04. The van der Waals surface area contributed by atoms with E-state index in [1.165, 1.54) is 148 Å². The fourth-order valence-electron chi connectivity index (χ4n) is 15.5. The molecule has 0 aliphatic carbocycles. The minimum absolute atomic E-state index is 0.0167. The fraction of sp³-hybridized carbons (Fsp3) is 0.684. The normalized spacial score (nSPS) is 21.6. The maximum atomic E-state index is 15.7. The van der Waals surface area contributed by atoms with Crippen molar-refractivity contribution in [2.75, 3.05) is 39.9 Å². The van der Waals surface area contributed by atoms with Gasteiger partial charge >= 0.3 is 30.0 Å². The van der Waals surface area contributed by atoms with Gasteiger partial charge in [0.25, 0.3) is 0 Å². The quantitative estimate of drug-likeness (QED) is 0.0341. The highest BCUT2D eigenvalue weighted by atomic mass is 32.2. The van der Waals surface area contributed by atoms with Crippen molar-refractivity contribution in [2.45, 2.75) is 295 Å². The number of nitriles is 1. The first-order chi connectivity index (χ1) is 45.9. The Kier molecular flexibility index (Phi) is 26.4. The van der Waals surface area contributed by atoms with Crippen LogP contribution >= 0.6 is 11.8 Å². The van der Waals surface area contributed by atoms with Gasteiger partial charge in [-0.25, -0.2) is 9.59 Å². The molecule has 0 radical (unpaired) electrons. The first-order valence-electron chi connectivity index (χ1n) is 36.1. The van der Waals surface area contributed by atoms with Crippen LogP contribution in [0.1, 0.15) is 283 Å². The molecule has 1 N–H and O–H groups in total. The average Bonchev–Trinajstić information content (AvgIpc) is 0.747. The molecular weight excluding hydrogens is 1220 g/mol.